The maximum Gasteiger partial charge on any atom is 0.150 e. The van der Waals surface area contributed by atoms with Crippen molar-refractivity contribution in [3.63, 3.8) is 0 Å². The van der Waals surface area contributed by atoms with E-state index in [-0.39, 0.29) is 11.3 Å². The average molecular weight is 217 g/mol. The van der Waals surface area contributed by atoms with Crippen molar-refractivity contribution < 1.29 is 9.13 Å². The summed E-state index contributed by atoms with van der Waals surface area (Å²) in [5.74, 6) is -0.126. The highest BCUT2D eigenvalue weighted by Crippen LogP contribution is 2.20. The van der Waals surface area contributed by atoms with Crippen LogP contribution in [-0.4, -0.2) is 7.11 Å². The molecule has 0 saturated carbocycles. The number of allylic oxidation sites excluding steroid dienone is 1. The van der Waals surface area contributed by atoms with Crippen LogP contribution in [0.15, 0.2) is 30.0 Å². The molecule has 0 unspecified atom stereocenters. The Morgan fingerprint density at radius 2 is 2.12 bits per heavy atom. The zero-order chi connectivity index (χ0) is 12.0. The fourth-order valence-electron chi connectivity index (χ4n) is 0.979. The predicted octanol–water partition coefficient (Wildman–Crippen LogP) is 2.18. The molecule has 1 rings (SSSR count). The van der Waals surface area contributed by atoms with Crippen LogP contribution in [0.25, 0.3) is 0 Å². The fourth-order valence-corrected chi connectivity index (χ4v) is 0.979. The molecule has 1 aromatic rings. The lowest BCUT2D eigenvalue weighted by Gasteiger charge is -2.04. The van der Waals surface area contributed by atoms with Crippen molar-refractivity contribution in [1.82, 2.24) is 0 Å². The number of ether oxygens (including phenoxy) is 1. The molecular formula is C11H8FN3O. The van der Waals surface area contributed by atoms with E-state index in [4.69, 9.17) is 15.3 Å². The van der Waals surface area contributed by atoms with Gasteiger partial charge in [-0.15, -0.1) is 0 Å². The van der Waals surface area contributed by atoms with Crippen LogP contribution in [0.5, 0.6) is 5.75 Å². The monoisotopic (exact) mass is 217 g/mol. The lowest BCUT2D eigenvalue weighted by atomic mass is 10.3. The molecular weight excluding hydrogens is 209 g/mol. The van der Waals surface area contributed by atoms with Crippen LogP contribution in [0, 0.1) is 28.5 Å². The van der Waals surface area contributed by atoms with E-state index in [9.17, 15) is 4.39 Å². The van der Waals surface area contributed by atoms with Crippen molar-refractivity contribution in [2.45, 2.75) is 0 Å². The number of nitrogens with one attached hydrogen (secondary N) is 1. The summed E-state index contributed by atoms with van der Waals surface area (Å²) < 4.78 is 18.2. The molecule has 1 N–H and O–H groups in total. The summed E-state index contributed by atoms with van der Waals surface area (Å²) in [7, 11) is 1.44. The number of halogens is 1. The highest BCUT2D eigenvalue weighted by atomic mass is 19.1. The highest BCUT2D eigenvalue weighted by Gasteiger charge is 2.02. The normalized spacial score (nSPS) is 8.50. The Kier molecular flexibility index (Phi) is 3.88. The number of nitriles is 2. The number of rotatable bonds is 3. The molecule has 0 bridgehead atoms. The van der Waals surface area contributed by atoms with Gasteiger partial charge in [-0.2, -0.15) is 10.5 Å². The summed E-state index contributed by atoms with van der Waals surface area (Å²) in [5.41, 5.74) is 0.0408. The van der Waals surface area contributed by atoms with E-state index < -0.39 is 5.82 Å². The van der Waals surface area contributed by atoms with Crippen LogP contribution < -0.4 is 10.1 Å². The zero-order valence-corrected chi connectivity index (χ0v) is 8.49. The molecule has 1 aromatic carbocycles. The summed E-state index contributed by atoms with van der Waals surface area (Å²) >= 11 is 0. The molecule has 0 heterocycles. The highest BCUT2D eigenvalue weighted by molar-refractivity contribution is 5.52. The molecule has 0 amide bonds. The van der Waals surface area contributed by atoms with E-state index in [1.165, 1.54) is 19.2 Å². The Morgan fingerprint density at radius 3 is 2.62 bits per heavy atom. The third kappa shape index (κ3) is 2.73. The number of benzene rings is 1. The Balaban J connectivity index is 2.88. The Labute approximate surface area is 92.2 Å². The van der Waals surface area contributed by atoms with Crippen LogP contribution >= 0.6 is 0 Å². The maximum absolute atomic E-state index is 13.4. The van der Waals surface area contributed by atoms with Gasteiger partial charge in [0.05, 0.1) is 12.8 Å². The van der Waals surface area contributed by atoms with Crippen molar-refractivity contribution in [2.75, 3.05) is 12.4 Å². The average Bonchev–Trinajstić information content (AvgIpc) is 2.32. The van der Waals surface area contributed by atoms with Gasteiger partial charge in [0.2, 0.25) is 0 Å². The Bertz CT molecular complexity index is 481. The third-order valence-electron chi connectivity index (χ3n) is 1.79. The molecule has 0 aliphatic rings. The molecule has 16 heavy (non-hydrogen) atoms. The van der Waals surface area contributed by atoms with Gasteiger partial charge in [0.1, 0.15) is 29.3 Å². The van der Waals surface area contributed by atoms with Crippen molar-refractivity contribution in [2.24, 2.45) is 0 Å². The molecule has 0 aliphatic heterocycles. The van der Waals surface area contributed by atoms with Gasteiger partial charge in [0, 0.05) is 12.3 Å². The van der Waals surface area contributed by atoms with Crippen molar-refractivity contribution in [3.8, 4) is 17.9 Å². The first-order chi connectivity index (χ1) is 7.71. The first-order valence-corrected chi connectivity index (χ1v) is 4.31. The number of methoxy groups -OCH3 is 1. The second-order valence-corrected chi connectivity index (χ2v) is 2.77. The molecule has 0 radical (unpaired) electrons. The first-order valence-electron chi connectivity index (χ1n) is 4.31. The maximum atomic E-state index is 13.4. The number of hydrogen-bond acceptors (Lipinski definition) is 4. The summed E-state index contributed by atoms with van der Waals surface area (Å²) in [6.45, 7) is 0. The third-order valence-corrected chi connectivity index (χ3v) is 1.79. The molecule has 5 heteroatoms. The molecule has 0 aliphatic carbocycles. The van der Waals surface area contributed by atoms with Gasteiger partial charge in [-0.05, 0) is 12.1 Å². The van der Waals surface area contributed by atoms with Gasteiger partial charge >= 0.3 is 0 Å². The van der Waals surface area contributed by atoms with E-state index in [0.29, 0.717) is 5.75 Å². The van der Waals surface area contributed by atoms with Crippen LogP contribution in [0.1, 0.15) is 0 Å². The number of anilines is 1. The second kappa shape index (κ2) is 5.38. The van der Waals surface area contributed by atoms with Gasteiger partial charge in [0.15, 0.2) is 0 Å². The molecule has 0 aromatic heterocycles. The molecule has 0 fully saturated rings. The summed E-state index contributed by atoms with van der Waals surface area (Å²) in [5, 5.41) is 19.5. The van der Waals surface area contributed by atoms with E-state index in [2.05, 4.69) is 5.32 Å². The number of nitrogens with zero attached hydrogens (tertiary/aromatic N) is 2. The zero-order valence-electron chi connectivity index (χ0n) is 8.49. The van der Waals surface area contributed by atoms with Crippen molar-refractivity contribution >= 4 is 5.69 Å². The molecule has 4 nitrogen and oxygen atoms in total. The summed E-state index contributed by atoms with van der Waals surface area (Å²) in [6, 6.07) is 7.53. The van der Waals surface area contributed by atoms with Gasteiger partial charge in [0.25, 0.3) is 0 Å². The SMILES string of the molecule is COc1ccc(NC=C(C#N)C#N)c(F)c1. The second-order valence-electron chi connectivity index (χ2n) is 2.77. The van der Waals surface area contributed by atoms with E-state index in [1.54, 1.807) is 18.2 Å². The molecule has 0 spiro atoms. The molecule has 80 valence electrons. The fraction of sp³-hybridized carbons (Fsp3) is 0.0909. The van der Waals surface area contributed by atoms with Crippen molar-refractivity contribution in [3.05, 3.63) is 35.8 Å². The topological polar surface area (TPSA) is 68.8 Å². The standard InChI is InChI=1S/C11H8FN3O/c1-16-9-2-3-11(10(12)4-9)15-7-8(5-13)6-14/h2-4,7,15H,1H3. The minimum absolute atomic E-state index is 0.129. The minimum Gasteiger partial charge on any atom is -0.497 e. The van der Waals surface area contributed by atoms with Gasteiger partial charge in [-0.1, -0.05) is 0 Å². The van der Waals surface area contributed by atoms with Gasteiger partial charge in [-0.3, -0.25) is 0 Å². The Morgan fingerprint density at radius 1 is 1.44 bits per heavy atom. The predicted molar refractivity (Wildman–Crippen MR) is 55.9 cm³/mol. The van der Waals surface area contributed by atoms with Crippen LogP contribution in [0.3, 0.4) is 0 Å². The van der Waals surface area contributed by atoms with Crippen molar-refractivity contribution in [1.29, 1.82) is 10.5 Å². The van der Waals surface area contributed by atoms with E-state index >= 15 is 0 Å². The smallest absolute Gasteiger partial charge is 0.150 e. The molecule has 0 atom stereocenters. The largest absolute Gasteiger partial charge is 0.497 e. The van der Waals surface area contributed by atoms with Gasteiger partial charge < -0.3 is 10.1 Å². The van der Waals surface area contributed by atoms with E-state index in [0.717, 1.165) is 6.20 Å². The minimum atomic E-state index is -0.522. The van der Waals surface area contributed by atoms with E-state index in [1.807, 2.05) is 0 Å². The molecule has 0 saturated heterocycles. The van der Waals surface area contributed by atoms with Crippen LogP contribution in [-0.2, 0) is 0 Å². The van der Waals surface area contributed by atoms with Crippen LogP contribution in [0.2, 0.25) is 0 Å². The lowest BCUT2D eigenvalue weighted by Crippen LogP contribution is -1.94. The van der Waals surface area contributed by atoms with Gasteiger partial charge in [-0.25, -0.2) is 4.39 Å². The van der Waals surface area contributed by atoms with Crippen LogP contribution in [0.4, 0.5) is 10.1 Å². The summed E-state index contributed by atoms with van der Waals surface area (Å²) in [6.07, 6.45) is 1.14. The number of hydrogen-bond donors (Lipinski definition) is 1. The lowest BCUT2D eigenvalue weighted by molar-refractivity contribution is 0.411. The Hall–Kier alpha value is -2.53. The quantitative estimate of drug-likeness (QED) is 0.788. The first kappa shape index (κ1) is 11.5. The summed E-state index contributed by atoms with van der Waals surface area (Å²) in [4.78, 5) is 0.